The quantitative estimate of drug-likeness (QED) is 0.529. The number of aryl methyl sites for hydroxylation is 1. The smallest absolute Gasteiger partial charge is 0.240 e. The molecule has 1 saturated heterocycles. The number of pyridine rings is 1. The molecule has 0 saturated carbocycles. The largest absolute Gasteiger partial charge is 0.495 e. The summed E-state index contributed by atoms with van der Waals surface area (Å²) in [7, 11) is -1.90. The Morgan fingerprint density at radius 1 is 1.06 bits per heavy atom. The average Bonchev–Trinajstić information content (AvgIpc) is 2.85. The summed E-state index contributed by atoms with van der Waals surface area (Å²) >= 11 is 0. The van der Waals surface area contributed by atoms with Crippen LogP contribution in [0.2, 0.25) is 0 Å². The zero-order chi connectivity index (χ0) is 23.3. The summed E-state index contributed by atoms with van der Waals surface area (Å²) in [5, 5.41) is 0. The van der Waals surface area contributed by atoms with Crippen LogP contribution in [0, 0.1) is 6.92 Å². The Hall–Kier alpha value is -2.94. The number of rotatable bonds is 8. The highest BCUT2D eigenvalue weighted by Gasteiger charge is 2.31. The molecule has 0 aliphatic carbocycles. The zero-order valence-electron chi connectivity index (χ0n) is 19.1. The van der Waals surface area contributed by atoms with Crippen molar-refractivity contribution in [2.45, 2.75) is 17.9 Å². The number of quaternary nitrogens is 1. The third-order valence-electron chi connectivity index (χ3n) is 6.22. The van der Waals surface area contributed by atoms with Gasteiger partial charge in [0.1, 0.15) is 11.8 Å². The number of aromatic nitrogens is 1. The Labute approximate surface area is 196 Å². The molecule has 1 aliphatic rings. The SMILES string of the molecule is COc1ccccc1N1CC[NH+](C(CNS(=O)(=O)c2ccc(C)cc2)c2cccnc2)CC1. The number of nitrogens with zero attached hydrogens (tertiary/aromatic N) is 2. The molecule has 3 aromatic rings. The molecule has 1 aliphatic heterocycles. The fourth-order valence-electron chi connectivity index (χ4n) is 4.35. The van der Waals surface area contributed by atoms with E-state index in [0.717, 1.165) is 48.7 Å². The minimum Gasteiger partial charge on any atom is -0.495 e. The Balaban J connectivity index is 1.48. The van der Waals surface area contributed by atoms with E-state index in [-0.39, 0.29) is 10.9 Å². The standard InChI is InChI=1S/C25H30N4O3S/c1-20-9-11-22(12-10-20)33(30,31)27-19-24(21-6-5-13-26-18-21)29-16-14-28(15-17-29)23-7-3-4-8-25(23)32-2/h3-13,18,24,27H,14-17,19H2,1-2H3/p+1. The first-order valence-electron chi connectivity index (χ1n) is 11.2. The van der Waals surface area contributed by atoms with Gasteiger partial charge in [-0.3, -0.25) is 4.98 Å². The lowest BCUT2D eigenvalue weighted by atomic mass is 10.1. The Kier molecular flexibility index (Phi) is 7.27. The lowest BCUT2D eigenvalue weighted by Gasteiger charge is -2.38. The van der Waals surface area contributed by atoms with Crippen molar-refractivity contribution < 1.29 is 18.1 Å². The van der Waals surface area contributed by atoms with Crippen molar-refractivity contribution in [2.24, 2.45) is 0 Å². The van der Waals surface area contributed by atoms with E-state index in [4.69, 9.17) is 4.74 Å². The van der Waals surface area contributed by atoms with E-state index in [1.165, 1.54) is 4.90 Å². The van der Waals surface area contributed by atoms with E-state index in [9.17, 15) is 8.42 Å². The summed E-state index contributed by atoms with van der Waals surface area (Å²) in [6.07, 6.45) is 3.58. The molecule has 4 rings (SSSR count). The summed E-state index contributed by atoms with van der Waals surface area (Å²) < 4.78 is 34.2. The fourth-order valence-corrected chi connectivity index (χ4v) is 5.40. The van der Waals surface area contributed by atoms with Crippen molar-refractivity contribution in [3.63, 3.8) is 0 Å². The van der Waals surface area contributed by atoms with Crippen LogP contribution in [0.3, 0.4) is 0 Å². The van der Waals surface area contributed by atoms with Crippen molar-refractivity contribution in [2.75, 3.05) is 44.7 Å². The van der Waals surface area contributed by atoms with E-state index in [1.54, 1.807) is 25.4 Å². The molecule has 1 unspecified atom stereocenters. The minimum absolute atomic E-state index is 0.0289. The molecule has 2 heterocycles. The third-order valence-corrected chi connectivity index (χ3v) is 7.66. The first kappa shape index (κ1) is 23.2. The van der Waals surface area contributed by atoms with Gasteiger partial charge in [-0.1, -0.05) is 29.8 Å². The number of sulfonamides is 1. The second-order valence-electron chi connectivity index (χ2n) is 8.32. The molecule has 33 heavy (non-hydrogen) atoms. The maximum absolute atomic E-state index is 12.9. The van der Waals surface area contributed by atoms with Crippen LogP contribution in [-0.2, 0) is 10.0 Å². The first-order valence-corrected chi connectivity index (χ1v) is 12.6. The maximum atomic E-state index is 12.9. The van der Waals surface area contributed by atoms with Gasteiger partial charge in [0.25, 0.3) is 0 Å². The molecule has 7 nitrogen and oxygen atoms in total. The normalized spacial score (nSPS) is 15.9. The molecular formula is C25H31N4O3S+. The molecular weight excluding hydrogens is 436 g/mol. The van der Waals surface area contributed by atoms with Gasteiger partial charge in [0, 0.05) is 18.0 Å². The Morgan fingerprint density at radius 3 is 2.45 bits per heavy atom. The van der Waals surface area contributed by atoms with Crippen molar-refractivity contribution in [1.82, 2.24) is 9.71 Å². The van der Waals surface area contributed by atoms with Crippen molar-refractivity contribution in [3.8, 4) is 5.75 Å². The monoisotopic (exact) mass is 467 g/mol. The maximum Gasteiger partial charge on any atom is 0.240 e. The minimum atomic E-state index is -3.59. The third kappa shape index (κ3) is 5.52. The number of ether oxygens (including phenoxy) is 1. The number of anilines is 1. The number of benzene rings is 2. The van der Waals surface area contributed by atoms with Crippen molar-refractivity contribution in [1.29, 1.82) is 0 Å². The van der Waals surface area contributed by atoms with Crippen LogP contribution in [0.15, 0.2) is 78.0 Å². The van der Waals surface area contributed by atoms with E-state index in [2.05, 4.69) is 20.7 Å². The topological polar surface area (TPSA) is 76.0 Å². The molecule has 0 bridgehead atoms. The van der Waals surface area contributed by atoms with Gasteiger partial charge in [0.15, 0.2) is 0 Å². The van der Waals surface area contributed by atoms with Gasteiger partial charge in [-0.25, -0.2) is 13.1 Å². The van der Waals surface area contributed by atoms with Crippen LogP contribution >= 0.6 is 0 Å². The van der Waals surface area contributed by atoms with Crippen molar-refractivity contribution >= 4 is 15.7 Å². The number of para-hydroxylation sites is 2. The summed E-state index contributed by atoms with van der Waals surface area (Å²) in [5.41, 5.74) is 3.15. The van der Waals surface area contributed by atoms with E-state index >= 15 is 0 Å². The highest BCUT2D eigenvalue weighted by atomic mass is 32.2. The van der Waals surface area contributed by atoms with E-state index < -0.39 is 10.0 Å². The molecule has 1 aromatic heterocycles. The number of hydrogen-bond acceptors (Lipinski definition) is 5. The predicted molar refractivity (Wildman–Crippen MR) is 129 cm³/mol. The molecule has 1 fully saturated rings. The highest BCUT2D eigenvalue weighted by Crippen LogP contribution is 2.27. The van der Waals surface area contributed by atoms with Crippen molar-refractivity contribution in [3.05, 3.63) is 84.2 Å². The second kappa shape index (κ2) is 10.3. The molecule has 0 spiro atoms. The van der Waals surface area contributed by atoms with Crippen LogP contribution in [0.1, 0.15) is 17.2 Å². The molecule has 1 atom stereocenters. The fraction of sp³-hybridized carbons (Fsp3) is 0.320. The van der Waals surface area contributed by atoms with Crippen LogP contribution in [0.4, 0.5) is 5.69 Å². The zero-order valence-corrected chi connectivity index (χ0v) is 19.9. The number of hydrogen-bond donors (Lipinski definition) is 2. The molecule has 2 N–H and O–H groups in total. The lowest BCUT2D eigenvalue weighted by Crippen LogP contribution is -3.15. The van der Waals surface area contributed by atoms with Gasteiger partial charge < -0.3 is 14.5 Å². The van der Waals surface area contributed by atoms with Crippen LogP contribution in [0.25, 0.3) is 0 Å². The van der Waals surface area contributed by atoms with Crippen LogP contribution in [-0.4, -0.2) is 53.2 Å². The predicted octanol–water partition coefficient (Wildman–Crippen LogP) is 1.82. The summed E-state index contributed by atoms with van der Waals surface area (Å²) in [4.78, 5) is 8.23. The van der Waals surface area contributed by atoms with Gasteiger partial charge >= 0.3 is 0 Å². The van der Waals surface area contributed by atoms with Crippen LogP contribution < -0.4 is 19.3 Å². The molecule has 174 valence electrons. The van der Waals surface area contributed by atoms with Gasteiger partial charge in [-0.05, 0) is 43.3 Å². The Bertz CT molecular complexity index is 1150. The number of methoxy groups -OCH3 is 1. The van der Waals surface area contributed by atoms with E-state index in [0.29, 0.717) is 6.54 Å². The number of piperazine rings is 1. The average molecular weight is 468 g/mol. The van der Waals surface area contributed by atoms with Gasteiger partial charge in [0.05, 0.1) is 50.4 Å². The van der Waals surface area contributed by atoms with Gasteiger partial charge in [-0.2, -0.15) is 0 Å². The number of nitrogens with one attached hydrogen (secondary N) is 2. The Morgan fingerprint density at radius 2 is 1.79 bits per heavy atom. The lowest BCUT2D eigenvalue weighted by molar-refractivity contribution is -0.930. The van der Waals surface area contributed by atoms with Gasteiger partial charge in [-0.15, -0.1) is 0 Å². The van der Waals surface area contributed by atoms with Gasteiger partial charge in [0.2, 0.25) is 10.0 Å². The molecule has 8 heteroatoms. The molecule has 0 amide bonds. The molecule has 2 aromatic carbocycles. The summed E-state index contributed by atoms with van der Waals surface area (Å²) in [6.45, 7) is 5.73. The summed E-state index contributed by atoms with van der Waals surface area (Å²) in [6, 6.07) is 18.9. The first-order chi connectivity index (χ1) is 16.0. The highest BCUT2D eigenvalue weighted by molar-refractivity contribution is 7.89. The van der Waals surface area contributed by atoms with E-state index in [1.807, 2.05) is 55.6 Å². The molecule has 0 radical (unpaired) electrons. The second-order valence-corrected chi connectivity index (χ2v) is 10.1. The van der Waals surface area contributed by atoms with Crippen LogP contribution in [0.5, 0.6) is 5.75 Å². The summed E-state index contributed by atoms with van der Waals surface area (Å²) in [5.74, 6) is 0.871.